The number of rotatable bonds is 7. The molecule has 0 radical (unpaired) electrons. The van der Waals surface area contributed by atoms with Crippen LogP contribution < -0.4 is 15.3 Å². The van der Waals surface area contributed by atoms with Crippen LogP contribution in [-0.2, 0) is 0 Å². The lowest BCUT2D eigenvalue weighted by molar-refractivity contribution is -0.0195. The summed E-state index contributed by atoms with van der Waals surface area (Å²) in [5.41, 5.74) is 1.03. The smallest absolute Gasteiger partial charge is 0.175 e. The van der Waals surface area contributed by atoms with Gasteiger partial charge >= 0.3 is 0 Å². The van der Waals surface area contributed by atoms with E-state index in [9.17, 15) is 0 Å². The monoisotopic (exact) mass is 568 g/mol. The van der Waals surface area contributed by atoms with Crippen molar-refractivity contribution in [2.45, 2.75) is 152 Å². The molecule has 0 unspecified atom stereocenters. The van der Waals surface area contributed by atoms with E-state index in [1.54, 1.807) is 0 Å². The van der Waals surface area contributed by atoms with Crippen molar-refractivity contribution in [3.05, 3.63) is 0 Å². The molecule has 3 N–H and O–H groups in total. The Bertz CT molecular complexity index is 851. The van der Waals surface area contributed by atoms with Crippen LogP contribution in [0.2, 0.25) is 19.6 Å². The standard InChI is InChI=1S/C33H57N4PSi/c1-39(2,3)37-38(34-31-13-22-4-23(14-31)6-24(5-22)15-31,35-32-16-25-7-26(17-32)9-27(8-25)18-32)36-33-19-28-10-29(20-33)12-30(11-28)21-33/h22-30,34-36H,4-21H2,1-3H3. The first-order valence-electron chi connectivity index (χ1n) is 17.5. The van der Waals surface area contributed by atoms with E-state index in [1.807, 2.05) is 0 Å². The summed E-state index contributed by atoms with van der Waals surface area (Å²) in [6.07, 6.45) is 26.7. The van der Waals surface area contributed by atoms with E-state index >= 15 is 0 Å². The Labute approximate surface area is 240 Å². The third kappa shape index (κ3) is 4.56. The van der Waals surface area contributed by atoms with E-state index in [0.29, 0.717) is 16.6 Å². The highest BCUT2D eigenvalue weighted by atomic mass is 31.2. The zero-order valence-electron chi connectivity index (χ0n) is 25.3. The predicted octanol–water partition coefficient (Wildman–Crippen LogP) is 8.44. The molecule has 6 heteroatoms. The second kappa shape index (κ2) is 8.49. The fourth-order valence-electron chi connectivity index (χ4n) is 14.4. The van der Waals surface area contributed by atoms with Crippen molar-refractivity contribution in [1.82, 2.24) is 15.3 Å². The Morgan fingerprint density at radius 1 is 0.436 bits per heavy atom. The first-order valence-corrected chi connectivity index (χ1v) is 22.7. The van der Waals surface area contributed by atoms with Gasteiger partial charge in [0.05, 0.1) is 0 Å². The summed E-state index contributed by atoms with van der Waals surface area (Å²) in [6, 6.07) is 0. The third-order valence-electron chi connectivity index (χ3n) is 13.8. The number of hydrogen-bond donors (Lipinski definition) is 3. The van der Waals surface area contributed by atoms with E-state index < -0.39 is 15.7 Å². The molecule has 0 atom stereocenters. The molecule has 12 saturated carbocycles. The van der Waals surface area contributed by atoms with Gasteiger partial charge in [0.1, 0.15) is 0 Å². The molecule has 0 aromatic heterocycles. The maximum absolute atomic E-state index is 6.19. The number of nitrogens with one attached hydrogen (secondary N) is 3. The summed E-state index contributed by atoms with van der Waals surface area (Å²) in [6.45, 7) is 7.60. The van der Waals surface area contributed by atoms with Gasteiger partial charge in [-0.2, -0.15) is 0 Å². The molecule has 0 aromatic rings. The normalized spacial score (nSPS) is 55.8. The maximum Gasteiger partial charge on any atom is 0.175 e. The number of hydrogen-bond acceptors (Lipinski definition) is 1. The van der Waals surface area contributed by atoms with E-state index in [1.165, 1.54) is 116 Å². The van der Waals surface area contributed by atoms with Gasteiger partial charge in [0.2, 0.25) is 0 Å². The topological polar surface area (TPSA) is 48.5 Å². The van der Waals surface area contributed by atoms with Crippen LogP contribution in [-0.4, -0.2) is 24.9 Å². The molecule has 4 nitrogen and oxygen atoms in total. The zero-order valence-corrected chi connectivity index (χ0v) is 27.2. The van der Waals surface area contributed by atoms with Crippen molar-refractivity contribution in [3.8, 4) is 0 Å². The maximum atomic E-state index is 6.19. The highest BCUT2D eigenvalue weighted by Gasteiger charge is 2.59. The van der Waals surface area contributed by atoms with Crippen LogP contribution in [0.1, 0.15) is 116 Å². The Kier molecular flexibility index (Phi) is 5.61. The van der Waals surface area contributed by atoms with Crippen molar-refractivity contribution in [2.24, 2.45) is 57.7 Å². The largest absolute Gasteiger partial charge is 0.300 e. The average Bonchev–Trinajstić information content (AvgIpc) is 2.73. The molecule has 12 aliphatic rings. The Morgan fingerprint density at radius 3 is 0.821 bits per heavy atom. The minimum atomic E-state index is -2.13. The van der Waals surface area contributed by atoms with Crippen LogP contribution in [0.5, 0.6) is 0 Å². The highest BCUT2D eigenvalue weighted by molar-refractivity contribution is 7.61. The SMILES string of the molecule is C[Si](C)(C)N=P(NC12CC3CC(CC(C3)C1)C2)(NC12CC3CC(CC(C3)C1)C2)NC12CC3CC(CC(C3)C1)C2. The first kappa shape index (κ1) is 25.8. The van der Waals surface area contributed by atoms with Crippen LogP contribution in [0.3, 0.4) is 0 Å². The molecule has 0 aromatic carbocycles. The second-order valence-corrected chi connectivity index (χ2v) is 25.9. The van der Waals surface area contributed by atoms with Crippen molar-refractivity contribution >= 4 is 15.7 Å². The molecule has 0 amide bonds. The summed E-state index contributed by atoms with van der Waals surface area (Å²) in [7, 11) is -3.84. The molecule has 12 rings (SSSR count). The van der Waals surface area contributed by atoms with E-state index in [4.69, 9.17) is 19.7 Å². The summed E-state index contributed by atoms with van der Waals surface area (Å²) in [5, 5.41) is 14.2. The molecule has 0 saturated heterocycles. The van der Waals surface area contributed by atoms with E-state index in [0.717, 1.165) is 53.3 Å². The fraction of sp³-hybridized carbons (Fsp3) is 1.00. The minimum Gasteiger partial charge on any atom is -0.300 e. The lowest BCUT2D eigenvalue weighted by Gasteiger charge is -2.63. The molecular formula is C33H57N4PSi. The molecule has 39 heavy (non-hydrogen) atoms. The van der Waals surface area contributed by atoms with Crippen molar-refractivity contribution < 1.29 is 0 Å². The van der Waals surface area contributed by atoms with Crippen molar-refractivity contribution in [3.63, 3.8) is 0 Å². The van der Waals surface area contributed by atoms with Crippen LogP contribution in [0.15, 0.2) is 4.41 Å². The fourth-order valence-corrected chi connectivity index (χ4v) is 21.6. The van der Waals surface area contributed by atoms with Gasteiger partial charge in [-0.25, -0.2) is 0 Å². The van der Waals surface area contributed by atoms with Crippen LogP contribution in [0.4, 0.5) is 0 Å². The van der Waals surface area contributed by atoms with Gasteiger partial charge in [0.15, 0.2) is 15.7 Å². The molecule has 0 spiro atoms. The van der Waals surface area contributed by atoms with Crippen LogP contribution in [0, 0.1) is 53.3 Å². The molecular weight excluding hydrogens is 511 g/mol. The van der Waals surface area contributed by atoms with Gasteiger partial charge in [-0.05, 0) is 188 Å². The molecule has 12 bridgehead atoms. The Balaban J connectivity index is 1.14. The first-order chi connectivity index (χ1) is 18.5. The van der Waals surface area contributed by atoms with Crippen molar-refractivity contribution in [2.75, 3.05) is 0 Å². The summed E-state index contributed by atoms with van der Waals surface area (Å²) in [5.74, 6) is 8.85. The lowest BCUT2D eigenvalue weighted by atomic mass is 9.53. The zero-order chi connectivity index (χ0) is 26.3. The molecule has 0 heterocycles. The predicted molar refractivity (Wildman–Crippen MR) is 165 cm³/mol. The summed E-state index contributed by atoms with van der Waals surface area (Å²) >= 11 is 0. The van der Waals surface area contributed by atoms with Gasteiger partial charge in [0.25, 0.3) is 0 Å². The van der Waals surface area contributed by atoms with E-state index in [2.05, 4.69) is 19.6 Å². The molecule has 218 valence electrons. The second-order valence-electron chi connectivity index (χ2n) is 18.8. The van der Waals surface area contributed by atoms with Gasteiger partial charge in [0, 0.05) is 16.6 Å². The average molecular weight is 569 g/mol. The van der Waals surface area contributed by atoms with Gasteiger partial charge in [-0.15, -0.1) is 0 Å². The molecule has 0 aliphatic heterocycles. The summed E-state index contributed by atoms with van der Waals surface area (Å²) in [4.78, 5) is 0. The lowest BCUT2D eigenvalue weighted by Crippen LogP contribution is -2.66. The van der Waals surface area contributed by atoms with Gasteiger partial charge < -0.3 is 0 Å². The minimum absolute atomic E-state index is 0.344. The molecule has 12 fully saturated rings. The molecule has 12 aliphatic carbocycles. The van der Waals surface area contributed by atoms with Crippen LogP contribution in [0.25, 0.3) is 0 Å². The van der Waals surface area contributed by atoms with Gasteiger partial charge in [-0.1, -0.05) is 0 Å². The van der Waals surface area contributed by atoms with Gasteiger partial charge in [-0.3, -0.25) is 19.7 Å². The van der Waals surface area contributed by atoms with E-state index in [-0.39, 0.29) is 0 Å². The van der Waals surface area contributed by atoms with Crippen LogP contribution >= 0.6 is 7.51 Å². The third-order valence-corrected chi connectivity index (χ3v) is 19.8. The number of nitrogens with zero attached hydrogens (tertiary/aromatic N) is 1. The summed E-state index contributed by atoms with van der Waals surface area (Å²) < 4.78 is 6.19. The Hall–Kier alpha value is 0.327. The van der Waals surface area contributed by atoms with Crippen molar-refractivity contribution in [1.29, 1.82) is 0 Å². The highest BCUT2D eigenvalue weighted by Crippen LogP contribution is 2.64. The Morgan fingerprint density at radius 2 is 0.641 bits per heavy atom. The quantitative estimate of drug-likeness (QED) is 0.213.